The zero-order valence-electron chi connectivity index (χ0n) is 12.3. The first-order valence-electron chi connectivity index (χ1n) is 7.35. The number of thiophene rings is 1. The summed E-state index contributed by atoms with van der Waals surface area (Å²) in [5.74, 6) is 0. The van der Waals surface area contributed by atoms with Crippen molar-refractivity contribution in [3.63, 3.8) is 0 Å². The molecule has 0 atom stereocenters. The van der Waals surface area contributed by atoms with Crippen molar-refractivity contribution in [1.82, 2.24) is 0 Å². The van der Waals surface area contributed by atoms with Crippen molar-refractivity contribution in [2.24, 2.45) is 0 Å². The van der Waals surface area contributed by atoms with E-state index in [1.807, 2.05) is 11.3 Å². The van der Waals surface area contributed by atoms with E-state index in [1.165, 1.54) is 59.2 Å². The van der Waals surface area contributed by atoms with Gasteiger partial charge in [0.25, 0.3) is 0 Å². The van der Waals surface area contributed by atoms with Gasteiger partial charge in [0.05, 0.1) is 0 Å². The van der Waals surface area contributed by atoms with Crippen molar-refractivity contribution in [3.8, 4) is 10.4 Å². The molecule has 2 aromatic rings. The first-order valence-corrected chi connectivity index (χ1v) is 8.23. The Morgan fingerprint density at radius 3 is 2.47 bits per heavy atom. The lowest BCUT2D eigenvalue weighted by molar-refractivity contribution is 0.666. The van der Waals surface area contributed by atoms with Crippen molar-refractivity contribution >= 4 is 11.3 Å². The summed E-state index contributed by atoms with van der Waals surface area (Å²) >= 11 is 1.84. The lowest BCUT2D eigenvalue weighted by atomic mass is 9.99. The first kappa shape index (κ1) is 14.3. The quantitative estimate of drug-likeness (QED) is 0.553. The van der Waals surface area contributed by atoms with E-state index in [1.54, 1.807) is 0 Å². The predicted octanol–water partition coefficient (Wildman–Crippen LogP) is 6.15. The zero-order chi connectivity index (χ0) is 13.7. The predicted molar refractivity (Wildman–Crippen MR) is 87.1 cm³/mol. The molecule has 0 nitrogen and oxygen atoms in total. The van der Waals surface area contributed by atoms with E-state index < -0.39 is 0 Å². The average molecular weight is 272 g/mol. The van der Waals surface area contributed by atoms with Crippen LogP contribution in [0.2, 0.25) is 0 Å². The van der Waals surface area contributed by atoms with Gasteiger partial charge in [0, 0.05) is 4.88 Å². The van der Waals surface area contributed by atoms with Gasteiger partial charge < -0.3 is 0 Å². The summed E-state index contributed by atoms with van der Waals surface area (Å²) in [5.41, 5.74) is 5.70. The van der Waals surface area contributed by atoms with Gasteiger partial charge in [0.15, 0.2) is 0 Å². The van der Waals surface area contributed by atoms with E-state index in [2.05, 4.69) is 50.4 Å². The Bertz CT molecular complexity index is 522. The van der Waals surface area contributed by atoms with Gasteiger partial charge in [-0.05, 0) is 60.4 Å². The molecular formula is C18H24S. The molecule has 0 saturated heterocycles. The summed E-state index contributed by atoms with van der Waals surface area (Å²) in [6, 6.07) is 9.24. The number of unbranched alkanes of at least 4 members (excludes halogenated alkanes) is 3. The molecule has 1 aromatic carbocycles. The van der Waals surface area contributed by atoms with Gasteiger partial charge in [-0.3, -0.25) is 0 Å². The first-order chi connectivity index (χ1) is 9.20. The number of rotatable bonds is 6. The maximum atomic E-state index is 2.35. The Morgan fingerprint density at radius 1 is 1.00 bits per heavy atom. The molecule has 0 aliphatic rings. The van der Waals surface area contributed by atoms with Gasteiger partial charge >= 0.3 is 0 Å². The fraction of sp³-hybridized carbons (Fsp3) is 0.444. The molecule has 1 heteroatoms. The van der Waals surface area contributed by atoms with E-state index in [-0.39, 0.29) is 0 Å². The molecule has 0 spiro atoms. The summed E-state index contributed by atoms with van der Waals surface area (Å²) in [5, 5.41) is 2.23. The SMILES string of the molecule is CCCCCCc1ccc(-c2cc(C)cs2)cc1C. The average Bonchev–Trinajstić information content (AvgIpc) is 2.83. The fourth-order valence-corrected chi connectivity index (χ4v) is 3.35. The highest BCUT2D eigenvalue weighted by atomic mass is 32.1. The summed E-state index contributed by atoms with van der Waals surface area (Å²) in [7, 11) is 0. The van der Waals surface area contributed by atoms with Crippen LogP contribution in [0.15, 0.2) is 29.6 Å². The fourth-order valence-electron chi connectivity index (χ4n) is 2.45. The second-order valence-corrected chi connectivity index (χ2v) is 6.35. The molecule has 0 radical (unpaired) electrons. The molecule has 0 unspecified atom stereocenters. The zero-order valence-corrected chi connectivity index (χ0v) is 13.1. The van der Waals surface area contributed by atoms with Crippen molar-refractivity contribution in [3.05, 3.63) is 46.3 Å². The van der Waals surface area contributed by atoms with E-state index in [0.29, 0.717) is 0 Å². The Morgan fingerprint density at radius 2 is 1.84 bits per heavy atom. The molecule has 1 heterocycles. The Kier molecular flexibility index (Phi) is 5.21. The number of hydrogen-bond acceptors (Lipinski definition) is 1. The second-order valence-electron chi connectivity index (χ2n) is 5.44. The molecule has 0 aliphatic carbocycles. The number of hydrogen-bond donors (Lipinski definition) is 0. The molecule has 1 aromatic heterocycles. The number of aryl methyl sites for hydroxylation is 3. The highest BCUT2D eigenvalue weighted by Gasteiger charge is 2.04. The van der Waals surface area contributed by atoms with Crippen LogP contribution in [0.5, 0.6) is 0 Å². The molecule has 0 N–H and O–H groups in total. The molecule has 0 aliphatic heterocycles. The normalized spacial score (nSPS) is 10.9. The van der Waals surface area contributed by atoms with Crippen LogP contribution in [0.25, 0.3) is 10.4 Å². The highest BCUT2D eigenvalue weighted by molar-refractivity contribution is 7.13. The third-order valence-corrected chi connectivity index (χ3v) is 4.75. The smallest absolute Gasteiger partial charge is 0.0345 e. The monoisotopic (exact) mass is 272 g/mol. The van der Waals surface area contributed by atoms with Crippen LogP contribution < -0.4 is 0 Å². The van der Waals surface area contributed by atoms with Crippen LogP contribution in [0.3, 0.4) is 0 Å². The van der Waals surface area contributed by atoms with Crippen LogP contribution in [0.1, 0.15) is 49.3 Å². The third-order valence-electron chi connectivity index (χ3n) is 3.66. The van der Waals surface area contributed by atoms with E-state index in [4.69, 9.17) is 0 Å². The standard InChI is InChI=1S/C18H24S/c1-4-5-6-7-8-16-9-10-17(12-15(16)3)18-11-14(2)13-19-18/h9-13H,4-8H2,1-3H3. The van der Waals surface area contributed by atoms with Gasteiger partial charge in [0.1, 0.15) is 0 Å². The summed E-state index contributed by atoms with van der Waals surface area (Å²) in [6.45, 7) is 6.68. The van der Waals surface area contributed by atoms with E-state index in [9.17, 15) is 0 Å². The Hall–Kier alpha value is -1.08. The van der Waals surface area contributed by atoms with Crippen molar-refractivity contribution < 1.29 is 0 Å². The molecule has 0 saturated carbocycles. The minimum Gasteiger partial charge on any atom is -0.144 e. The maximum absolute atomic E-state index is 2.35. The lowest BCUT2D eigenvalue weighted by Crippen LogP contribution is -1.90. The van der Waals surface area contributed by atoms with Crippen molar-refractivity contribution in [2.45, 2.75) is 52.9 Å². The summed E-state index contributed by atoms with van der Waals surface area (Å²) in [4.78, 5) is 1.39. The van der Waals surface area contributed by atoms with Gasteiger partial charge in [0.2, 0.25) is 0 Å². The van der Waals surface area contributed by atoms with Crippen LogP contribution >= 0.6 is 11.3 Å². The largest absolute Gasteiger partial charge is 0.144 e. The molecule has 0 bridgehead atoms. The summed E-state index contributed by atoms with van der Waals surface area (Å²) < 4.78 is 0. The van der Waals surface area contributed by atoms with E-state index in [0.717, 1.165) is 0 Å². The molecule has 19 heavy (non-hydrogen) atoms. The van der Waals surface area contributed by atoms with Crippen LogP contribution in [0, 0.1) is 13.8 Å². The third kappa shape index (κ3) is 3.94. The maximum Gasteiger partial charge on any atom is 0.0345 e. The van der Waals surface area contributed by atoms with Crippen LogP contribution in [-0.4, -0.2) is 0 Å². The van der Waals surface area contributed by atoms with Gasteiger partial charge in [-0.15, -0.1) is 11.3 Å². The summed E-state index contributed by atoms with van der Waals surface area (Å²) in [6.07, 6.45) is 6.60. The molecule has 0 amide bonds. The second kappa shape index (κ2) is 6.91. The molecule has 0 fully saturated rings. The van der Waals surface area contributed by atoms with Crippen molar-refractivity contribution in [2.75, 3.05) is 0 Å². The minimum absolute atomic E-state index is 1.23. The molecule has 2 rings (SSSR count). The Balaban J connectivity index is 2.04. The highest BCUT2D eigenvalue weighted by Crippen LogP contribution is 2.28. The van der Waals surface area contributed by atoms with Gasteiger partial charge in [-0.1, -0.05) is 44.4 Å². The van der Waals surface area contributed by atoms with Crippen LogP contribution in [-0.2, 0) is 6.42 Å². The lowest BCUT2D eigenvalue weighted by Gasteiger charge is -2.08. The topological polar surface area (TPSA) is 0 Å². The molecular weight excluding hydrogens is 248 g/mol. The molecule has 102 valence electrons. The van der Waals surface area contributed by atoms with Crippen LogP contribution in [0.4, 0.5) is 0 Å². The minimum atomic E-state index is 1.23. The van der Waals surface area contributed by atoms with Gasteiger partial charge in [-0.25, -0.2) is 0 Å². The number of benzene rings is 1. The van der Waals surface area contributed by atoms with E-state index >= 15 is 0 Å². The Labute approximate surface area is 121 Å². The van der Waals surface area contributed by atoms with Gasteiger partial charge in [-0.2, -0.15) is 0 Å². The van der Waals surface area contributed by atoms with Crippen molar-refractivity contribution in [1.29, 1.82) is 0 Å².